The minimum absolute atomic E-state index is 0.0607. The van der Waals surface area contributed by atoms with Crippen molar-refractivity contribution >= 4 is 57.1 Å². The predicted octanol–water partition coefficient (Wildman–Crippen LogP) is 8.62. The van der Waals surface area contributed by atoms with E-state index in [0.717, 1.165) is 30.8 Å². The highest BCUT2D eigenvalue weighted by Crippen LogP contribution is 2.38. The average Bonchev–Trinajstić information content (AvgIpc) is 3.61. The number of nitriles is 1. The number of piperidine rings is 1. The molecule has 0 radical (unpaired) electrons. The Morgan fingerprint density at radius 1 is 1.08 bits per heavy atom. The first-order valence-electron chi connectivity index (χ1n) is 17.1. The molecule has 2 N–H and O–H groups in total. The van der Waals surface area contributed by atoms with E-state index in [1.807, 2.05) is 16.9 Å². The van der Waals surface area contributed by atoms with Crippen LogP contribution in [0.4, 0.5) is 30.2 Å². The Labute approximate surface area is 314 Å². The number of nitrogens with one attached hydrogen (secondary N) is 2. The van der Waals surface area contributed by atoms with Gasteiger partial charge < -0.3 is 15.5 Å². The number of pyridine rings is 1. The summed E-state index contributed by atoms with van der Waals surface area (Å²) in [4.78, 5) is 21.4. The Kier molecular flexibility index (Phi) is 9.74. The Morgan fingerprint density at radius 3 is 2.51 bits per heavy atom. The Morgan fingerprint density at radius 2 is 1.83 bits per heavy atom. The second-order valence-electron chi connectivity index (χ2n) is 14.5. The van der Waals surface area contributed by atoms with Gasteiger partial charge in [-0.3, -0.25) is 14.7 Å². The third-order valence-electron chi connectivity index (χ3n) is 9.75. The zero-order chi connectivity index (χ0) is 37.7. The van der Waals surface area contributed by atoms with Gasteiger partial charge in [0.25, 0.3) is 11.8 Å². The van der Waals surface area contributed by atoms with Crippen LogP contribution in [0.25, 0.3) is 10.9 Å². The number of anilines is 3. The lowest BCUT2D eigenvalue weighted by molar-refractivity contribution is -0.113. The van der Waals surface area contributed by atoms with Gasteiger partial charge in [-0.1, -0.05) is 40.5 Å². The van der Waals surface area contributed by atoms with Crippen molar-refractivity contribution in [2.75, 3.05) is 36.8 Å². The zero-order valence-corrected chi connectivity index (χ0v) is 30.7. The van der Waals surface area contributed by atoms with E-state index >= 15 is 0 Å². The van der Waals surface area contributed by atoms with Gasteiger partial charge in [0.05, 0.1) is 58.8 Å². The first kappa shape index (κ1) is 36.5. The Bertz CT molecular complexity index is 2230. The molecule has 0 bridgehead atoms. The third kappa shape index (κ3) is 7.62. The van der Waals surface area contributed by atoms with E-state index in [4.69, 9.17) is 23.2 Å². The summed E-state index contributed by atoms with van der Waals surface area (Å²) in [6.07, 6.45) is 5.09. The molecule has 1 atom stereocenters. The fourth-order valence-corrected chi connectivity index (χ4v) is 7.29. The van der Waals surface area contributed by atoms with Crippen LogP contribution < -0.4 is 10.6 Å². The quantitative estimate of drug-likeness (QED) is 0.162. The van der Waals surface area contributed by atoms with Crippen LogP contribution in [0.1, 0.15) is 72.9 Å². The molecule has 10 nitrogen and oxygen atoms in total. The van der Waals surface area contributed by atoms with Crippen LogP contribution in [-0.2, 0) is 0 Å². The van der Waals surface area contributed by atoms with Crippen molar-refractivity contribution < 1.29 is 18.0 Å². The molecule has 53 heavy (non-hydrogen) atoms. The summed E-state index contributed by atoms with van der Waals surface area (Å²) >= 11 is 12.8. The van der Waals surface area contributed by atoms with Gasteiger partial charge in [-0.2, -0.15) is 5.26 Å². The molecule has 0 unspecified atom stereocenters. The maximum absolute atomic E-state index is 14.0. The lowest BCUT2D eigenvalue weighted by Crippen LogP contribution is -2.58. The van der Waals surface area contributed by atoms with E-state index in [0.29, 0.717) is 44.2 Å². The summed E-state index contributed by atoms with van der Waals surface area (Å²) in [6, 6.07) is 15.8. The number of hydrogen-bond donors (Lipinski definition) is 2. The van der Waals surface area contributed by atoms with Gasteiger partial charge >= 0.3 is 0 Å². The number of likely N-dealkylation sites (tertiary alicyclic amines) is 2. The van der Waals surface area contributed by atoms with Gasteiger partial charge in [-0.25, -0.2) is 17.9 Å². The molecule has 0 aliphatic carbocycles. The van der Waals surface area contributed by atoms with Gasteiger partial charge in [0.2, 0.25) is 0 Å². The predicted molar refractivity (Wildman–Crippen MR) is 199 cm³/mol. The molecule has 0 saturated carbocycles. The molecule has 2 aliphatic heterocycles. The van der Waals surface area contributed by atoms with E-state index in [2.05, 4.69) is 57.7 Å². The van der Waals surface area contributed by atoms with Gasteiger partial charge in [-0.05, 0) is 81.6 Å². The number of aromatic nitrogens is 4. The highest BCUT2D eigenvalue weighted by molar-refractivity contribution is 6.32. The molecule has 15 heteroatoms. The van der Waals surface area contributed by atoms with Crippen LogP contribution in [0.15, 0.2) is 67.0 Å². The number of hydrogen-bond acceptors (Lipinski definition) is 8. The van der Waals surface area contributed by atoms with Crippen molar-refractivity contribution in [3.63, 3.8) is 0 Å². The summed E-state index contributed by atoms with van der Waals surface area (Å²) < 4.78 is 43.2. The molecule has 5 aromatic rings. The molecule has 0 spiro atoms. The van der Waals surface area contributed by atoms with Crippen LogP contribution in [0.5, 0.6) is 0 Å². The molecule has 2 fully saturated rings. The number of nitrogens with zero attached hydrogens (tertiary/aromatic N) is 7. The molecule has 274 valence electrons. The molecular weight excluding hydrogens is 726 g/mol. The summed E-state index contributed by atoms with van der Waals surface area (Å²) in [5.74, 6) is -3.98. The summed E-state index contributed by atoms with van der Waals surface area (Å²) in [5.41, 5.74) is 3.46. The average molecular weight is 763 g/mol. The number of carbonyl (C=O) groups excluding carboxylic acids is 1. The van der Waals surface area contributed by atoms with Crippen molar-refractivity contribution in [3.8, 4) is 6.07 Å². The van der Waals surface area contributed by atoms with Crippen molar-refractivity contribution in [1.29, 1.82) is 5.26 Å². The Hall–Kier alpha value is -4.90. The second kappa shape index (κ2) is 14.2. The van der Waals surface area contributed by atoms with E-state index in [-0.39, 0.29) is 27.7 Å². The number of fused-ring (bicyclic) bond motifs is 1. The number of carbonyl (C=O) groups is 1. The van der Waals surface area contributed by atoms with Crippen molar-refractivity contribution in [2.24, 2.45) is 0 Å². The van der Waals surface area contributed by atoms with Crippen molar-refractivity contribution in [2.45, 2.75) is 57.2 Å². The highest BCUT2D eigenvalue weighted by Gasteiger charge is 2.46. The van der Waals surface area contributed by atoms with Crippen LogP contribution in [0.3, 0.4) is 0 Å². The number of amides is 1. The lowest BCUT2D eigenvalue weighted by Gasteiger charge is -2.40. The molecule has 1 amide bonds. The molecule has 3 aromatic carbocycles. The first-order valence-corrected chi connectivity index (χ1v) is 17.9. The molecule has 7 rings (SSSR count). The third-order valence-corrected chi connectivity index (χ3v) is 10.3. The van der Waals surface area contributed by atoms with Gasteiger partial charge in [0, 0.05) is 46.5 Å². The number of benzene rings is 3. The summed E-state index contributed by atoms with van der Waals surface area (Å²) in [5, 5.41) is 26.6. The van der Waals surface area contributed by atoms with E-state index in [1.165, 1.54) is 24.4 Å². The number of rotatable bonds is 8. The van der Waals surface area contributed by atoms with Crippen LogP contribution in [0, 0.1) is 17.1 Å². The minimum Gasteiger partial charge on any atom is -0.371 e. The van der Waals surface area contributed by atoms with E-state index in [1.54, 1.807) is 30.3 Å². The summed E-state index contributed by atoms with van der Waals surface area (Å²) in [6.45, 7) is 7.17. The number of halogens is 5. The SMILES string of the molecule is CC(C)(C)N1CCC(n2cc([C@@H](Nc3cc(Cl)cc4c(Nc5ccc(F)c(Cl)c5)c(C#N)cnc34)c3cccc(C(=O)N4CC(F)(F)C4)c3)nn2)CC1. The highest BCUT2D eigenvalue weighted by atomic mass is 35.5. The molecule has 2 aliphatic rings. The smallest absolute Gasteiger partial charge is 0.282 e. The van der Waals surface area contributed by atoms with Crippen LogP contribution >= 0.6 is 23.2 Å². The zero-order valence-electron chi connectivity index (χ0n) is 29.2. The maximum Gasteiger partial charge on any atom is 0.282 e. The van der Waals surface area contributed by atoms with Crippen molar-refractivity contribution in [3.05, 3.63) is 105 Å². The minimum atomic E-state index is -2.90. The Balaban J connectivity index is 1.28. The summed E-state index contributed by atoms with van der Waals surface area (Å²) in [7, 11) is 0. The largest absolute Gasteiger partial charge is 0.371 e. The normalized spacial score (nSPS) is 16.9. The van der Waals surface area contributed by atoms with Gasteiger partial charge in [0.15, 0.2) is 0 Å². The van der Waals surface area contributed by atoms with Gasteiger partial charge in [0.1, 0.15) is 17.6 Å². The molecule has 4 heterocycles. The van der Waals surface area contributed by atoms with Crippen LogP contribution in [-0.4, -0.2) is 73.3 Å². The van der Waals surface area contributed by atoms with Crippen LogP contribution in [0.2, 0.25) is 10.0 Å². The van der Waals surface area contributed by atoms with Crippen molar-refractivity contribution in [1.82, 2.24) is 29.8 Å². The van der Waals surface area contributed by atoms with E-state index in [9.17, 15) is 23.2 Å². The fourth-order valence-electron chi connectivity index (χ4n) is 6.89. The number of alkyl halides is 2. The fraction of sp³-hybridized carbons (Fsp3) is 0.342. The monoisotopic (exact) mass is 761 g/mol. The molecule has 2 saturated heterocycles. The molecule has 2 aromatic heterocycles. The standard InChI is InChI=1S/C38H36Cl2F3N9O/c1-37(2,3)51-11-9-27(10-12-51)52-19-32(48-49-52)34(22-5-4-6-23(13-22)36(53)50-20-38(42,43)21-50)47-31-15-25(39)14-28-33(24(17-44)18-45-35(28)31)46-26-7-8-30(41)29(40)16-26/h4-8,13-16,18-19,27,34,47H,9-12,20-21H2,1-3H3,(H,45,46)/t34-/m0/s1. The van der Waals surface area contributed by atoms with Gasteiger partial charge in [-0.15, -0.1) is 5.10 Å². The second-order valence-corrected chi connectivity index (χ2v) is 15.3. The van der Waals surface area contributed by atoms with E-state index < -0.39 is 36.8 Å². The first-order chi connectivity index (χ1) is 25.2. The lowest BCUT2D eigenvalue weighted by atomic mass is 9.98. The molecular formula is C38H36Cl2F3N9O. The maximum atomic E-state index is 14.0. The topological polar surface area (TPSA) is 115 Å².